The Morgan fingerprint density at radius 3 is 2.16 bits per heavy atom. The Morgan fingerprint density at radius 1 is 0.895 bits per heavy atom. The van der Waals surface area contributed by atoms with E-state index in [9.17, 15) is 27.6 Å². The first-order valence-electron chi connectivity index (χ1n) is 11.7. The van der Waals surface area contributed by atoms with Crippen molar-refractivity contribution in [2.24, 2.45) is 0 Å². The number of hydrogen-bond acceptors (Lipinski definition) is 4. The van der Waals surface area contributed by atoms with Crippen LogP contribution < -0.4 is 11.2 Å². The van der Waals surface area contributed by atoms with E-state index in [0.29, 0.717) is 5.69 Å². The zero-order valence-corrected chi connectivity index (χ0v) is 21.0. The van der Waals surface area contributed by atoms with Crippen molar-refractivity contribution in [2.75, 3.05) is 7.05 Å². The van der Waals surface area contributed by atoms with Gasteiger partial charge >= 0.3 is 11.9 Å². The fourth-order valence-electron chi connectivity index (χ4n) is 3.91. The van der Waals surface area contributed by atoms with Crippen LogP contribution >= 0.6 is 0 Å². The van der Waals surface area contributed by atoms with Gasteiger partial charge in [0.2, 0.25) is 5.69 Å². The molecule has 1 aromatic heterocycles. The van der Waals surface area contributed by atoms with Crippen LogP contribution in [0.4, 0.5) is 13.2 Å². The average molecular weight is 523 g/mol. The fourth-order valence-corrected chi connectivity index (χ4v) is 3.91. The first kappa shape index (κ1) is 26.6. The number of carbonyl (C=O) groups is 1. The van der Waals surface area contributed by atoms with Crippen molar-refractivity contribution >= 4 is 5.91 Å². The van der Waals surface area contributed by atoms with Crippen LogP contribution in [0.25, 0.3) is 5.69 Å². The quantitative estimate of drug-likeness (QED) is 0.377. The number of carbonyl (C=O) groups excluding carboxylic acids is 1. The number of rotatable bonds is 6. The van der Waals surface area contributed by atoms with Gasteiger partial charge in [0.15, 0.2) is 0 Å². The molecule has 4 rings (SSSR count). The molecular formula is C28H25F3N4O3. The lowest BCUT2D eigenvalue weighted by Crippen LogP contribution is -2.46. The van der Waals surface area contributed by atoms with E-state index in [1.165, 1.54) is 24.1 Å². The molecule has 0 aliphatic rings. The third kappa shape index (κ3) is 5.59. The molecule has 7 nitrogen and oxygen atoms in total. The normalized spacial score (nSPS) is 11.4. The van der Waals surface area contributed by atoms with Gasteiger partial charge in [-0.2, -0.15) is 23.0 Å². The van der Waals surface area contributed by atoms with Crippen LogP contribution in [0.2, 0.25) is 0 Å². The highest BCUT2D eigenvalue weighted by Gasteiger charge is 2.30. The predicted octanol–water partition coefficient (Wildman–Crippen LogP) is 4.35. The first-order valence-corrected chi connectivity index (χ1v) is 11.7. The summed E-state index contributed by atoms with van der Waals surface area (Å²) in [5, 5.41) is 4.16. The molecule has 10 heteroatoms. The van der Waals surface area contributed by atoms with Crippen molar-refractivity contribution in [2.45, 2.75) is 33.1 Å². The zero-order valence-electron chi connectivity index (χ0n) is 21.0. The molecule has 0 aliphatic carbocycles. The molecule has 0 radical (unpaired) electrons. The van der Waals surface area contributed by atoms with Gasteiger partial charge in [-0.05, 0) is 60.4 Å². The van der Waals surface area contributed by atoms with E-state index in [-0.39, 0.29) is 18.7 Å². The van der Waals surface area contributed by atoms with Gasteiger partial charge in [0.1, 0.15) is 0 Å². The molecule has 0 atom stereocenters. The highest BCUT2D eigenvalue weighted by Crippen LogP contribution is 2.29. The molecule has 38 heavy (non-hydrogen) atoms. The van der Waals surface area contributed by atoms with Crippen molar-refractivity contribution in [3.63, 3.8) is 0 Å². The lowest BCUT2D eigenvalue weighted by molar-refractivity contribution is -0.137. The van der Waals surface area contributed by atoms with Crippen LogP contribution in [0, 0.1) is 13.8 Å². The lowest BCUT2D eigenvalue weighted by Gasteiger charge is -2.18. The largest absolute Gasteiger partial charge is 0.416 e. The molecule has 196 valence electrons. The molecule has 0 spiro atoms. The van der Waals surface area contributed by atoms with E-state index in [1.807, 2.05) is 44.2 Å². The van der Waals surface area contributed by atoms with Gasteiger partial charge in [-0.3, -0.25) is 14.2 Å². The Morgan fingerprint density at radius 2 is 1.55 bits per heavy atom. The maximum absolute atomic E-state index is 13.4. The highest BCUT2D eigenvalue weighted by atomic mass is 19.4. The maximum Gasteiger partial charge on any atom is 0.416 e. The fraction of sp³-hybridized carbons (Fsp3) is 0.214. The second-order valence-electron chi connectivity index (χ2n) is 9.04. The van der Waals surface area contributed by atoms with Crippen LogP contribution in [-0.2, 0) is 19.3 Å². The van der Waals surface area contributed by atoms with Crippen molar-refractivity contribution in [1.82, 2.24) is 19.2 Å². The number of amides is 1. The molecule has 0 fully saturated rings. The summed E-state index contributed by atoms with van der Waals surface area (Å²) in [6.45, 7) is 3.60. The maximum atomic E-state index is 13.4. The Hall–Kier alpha value is -4.47. The summed E-state index contributed by atoms with van der Waals surface area (Å²) in [6.07, 6.45) is -4.52. The summed E-state index contributed by atoms with van der Waals surface area (Å²) in [4.78, 5) is 41.5. The summed E-state index contributed by atoms with van der Waals surface area (Å²) < 4.78 is 40.8. The Bertz CT molecular complexity index is 1590. The van der Waals surface area contributed by atoms with E-state index >= 15 is 0 Å². The van der Waals surface area contributed by atoms with Gasteiger partial charge in [0, 0.05) is 13.6 Å². The Labute approximate surface area is 216 Å². The van der Waals surface area contributed by atoms with E-state index < -0.39 is 34.6 Å². The van der Waals surface area contributed by atoms with Crippen LogP contribution in [-0.4, -0.2) is 32.2 Å². The number of alkyl halides is 3. The summed E-state index contributed by atoms with van der Waals surface area (Å²) in [6, 6.07) is 18.4. The molecule has 0 N–H and O–H groups in total. The topological polar surface area (TPSA) is 77.2 Å². The van der Waals surface area contributed by atoms with Gasteiger partial charge in [-0.1, -0.05) is 48.5 Å². The molecular weight excluding hydrogens is 497 g/mol. The molecule has 0 saturated carbocycles. The van der Waals surface area contributed by atoms with Gasteiger partial charge in [-0.15, -0.1) is 0 Å². The van der Waals surface area contributed by atoms with Crippen molar-refractivity contribution in [1.29, 1.82) is 0 Å². The molecule has 4 aromatic rings. The van der Waals surface area contributed by atoms with E-state index in [1.54, 1.807) is 18.2 Å². The first-order chi connectivity index (χ1) is 18.0. The van der Waals surface area contributed by atoms with Crippen molar-refractivity contribution < 1.29 is 18.0 Å². The van der Waals surface area contributed by atoms with Crippen LogP contribution in [0.15, 0.2) is 82.4 Å². The number of halogens is 3. The summed E-state index contributed by atoms with van der Waals surface area (Å²) >= 11 is 0. The minimum absolute atomic E-state index is 0.197. The molecule has 0 aliphatic heterocycles. The minimum Gasteiger partial charge on any atom is -0.336 e. The Balaban J connectivity index is 1.81. The van der Waals surface area contributed by atoms with E-state index in [4.69, 9.17) is 0 Å². The number of aryl methyl sites for hydroxylation is 2. The van der Waals surface area contributed by atoms with Crippen LogP contribution in [0.1, 0.15) is 38.3 Å². The lowest BCUT2D eigenvalue weighted by atomic mass is 10.1. The monoisotopic (exact) mass is 522 g/mol. The second-order valence-corrected chi connectivity index (χ2v) is 9.04. The van der Waals surface area contributed by atoms with Gasteiger partial charge in [0.05, 0.1) is 17.8 Å². The molecule has 0 saturated heterocycles. The van der Waals surface area contributed by atoms with Crippen molar-refractivity contribution in [3.8, 4) is 5.69 Å². The number of benzene rings is 3. The van der Waals surface area contributed by atoms with Crippen LogP contribution in [0.5, 0.6) is 0 Å². The molecule has 3 aromatic carbocycles. The molecule has 1 heterocycles. The molecule has 0 bridgehead atoms. The third-order valence-corrected chi connectivity index (χ3v) is 6.23. The smallest absolute Gasteiger partial charge is 0.336 e. The standard InChI is InChI=1S/C28H25F3N4O3/c1-18-9-14-23(15-19(18)2)35-27(38)34(17-21-10-12-22(13-11-21)28(29,30)31)26(37)24(32-35)25(36)33(3)16-20-7-5-4-6-8-20/h4-15H,16-17H2,1-3H3. The summed E-state index contributed by atoms with van der Waals surface area (Å²) in [5.74, 6) is -0.697. The van der Waals surface area contributed by atoms with E-state index in [2.05, 4.69) is 5.10 Å². The number of hydrogen-bond donors (Lipinski definition) is 0. The Kier molecular flexibility index (Phi) is 7.34. The summed E-state index contributed by atoms with van der Waals surface area (Å²) in [5.41, 5.74) is 0.216. The average Bonchev–Trinajstić information content (AvgIpc) is 2.88. The predicted molar refractivity (Wildman–Crippen MR) is 136 cm³/mol. The summed E-state index contributed by atoms with van der Waals surface area (Å²) in [7, 11) is 1.52. The van der Waals surface area contributed by atoms with Crippen molar-refractivity contribution in [3.05, 3.63) is 127 Å². The van der Waals surface area contributed by atoms with Gasteiger partial charge < -0.3 is 4.90 Å². The molecule has 1 amide bonds. The third-order valence-electron chi connectivity index (χ3n) is 6.23. The van der Waals surface area contributed by atoms with E-state index in [0.717, 1.165) is 38.1 Å². The zero-order chi connectivity index (χ0) is 27.6. The number of aromatic nitrogens is 3. The van der Waals surface area contributed by atoms with Gasteiger partial charge in [0.25, 0.3) is 11.5 Å². The highest BCUT2D eigenvalue weighted by molar-refractivity contribution is 5.91. The second kappa shape index (κ2) is 10.5. The molecule has 0 unspecified atom stereocenters. The minimum atomic E-state index is -4.52. The van der Waals surface area contributed by atoms with Gasteiger partial charge in [-0.25, -0.2) is 4.79 Å². The van der Waals surface area contributed by atoms with Crippen LogP contribution in [0.3, 0.4) is 0 Å². The number of nitrogens with zero attached hydrogens (tertiary/aromatic N) is 4. The SMILES string of the molecule is Cc1ccc(-n2nc(C(=O)N(C)Cc3ccccc3)c(=O)n(Cc3ccc(C(F)(F)F)cc3)c2=O)cc1C.